The molecule has 2 aromatic heterocycles. The van der Waals surface area contributed by atoms with Gasteiger partial charge in [-0.25, -0.2) is 4.52 Å². The van der Waals surface area contributed by atoms with Gasteiger partial charge in [0.25, 0.3) is 5.91 Å². The normalized spacial score (nSPS) is 11.1. The van der Waals surface area contributed by atoms with E-state index in [0.717, 1.165) is 28.1 Å². The Kier molecular flexibility index (Phi) is 4.80. The van der Waals surface area contributed by atoms with Crippen LogP contribution < -0.4 is 5.32 Å². The van der Waals surface area contributed by atoms with Crippen LogP contribution in [0.3, 0.4) is 0 Å². The van der Waals surface area contributed by atoms with Crippen molar-refractivity contribution in [2.45, 2.75) is 27.7 Å². The number of nitrogens with zero attached hydrogens (tertiary/aromatic N) is 4. The second kappa shape index (κ2) is 7.29. The number of carbonyl (C=O) groups is 1. The molecule has 1 amide bonds. The van der Waals surface area contributed by atoms with Crippen LogP contribution in [0.1, 0.15) is 33.0 Å². The van der Waals surface area contributed by atoms with E-state index in [9.17, 15) is 4.79 Å². The smallest absolute Gasteiger partial charge is 0.278 e. The Labute approximate surface area is 173 Å². The summed E-state index contributed by atoms with van der Waals surface area (Å²) in [6.07, 6.45) is 0. The molecule has 0 atom stereocenters. The zero-order valence-electron chi connectivity index (χ0n) is 16.6. The molecular formula is C22H20ClN5O. The molecule has 0 unspecified atom stereocenters. The first-order valence-electron chi connectivity index (χ1n) is 9.22. The molecule has 0 radical (unpaired) electrons. The summed E-state index contributed by atoms with van der Waals surface area (Å²) >= 11 is 6.15. The summed E-state index contributed by atoms with van der Waals surface area (Å²) in [5.74, 6) is -0.322. The second-order valence-corrected chi connectivity index (χ2v) is 7.53. The molecule has 2 aromatic carbocycles. The van der Waals surface area contributed by atoms with Crippen LogP contribution in [0.5, 0.6) is 0 Å². The topological polar surface area (TPSA) is 72.2 Å². The molecule has 0 fully saturated rings. The highest BCUT2D eigenvalue weighted by Crippen LogP contribution is 2.29. The SMILES string of the molecule is Cc1ccc(NC(=O)c2nnc3c(-c4cccc(Cl)c4)c(C)nn3c2C)cc1C. The molecule has 0 aliphatic rings. The van der Waals surface area contributed by atoms with Gasteiger partial charge in [-0.05, 0) is 68.7 Å². The van der Waals surface area contributed by atoms with Crippen molar-refractivity contribution in [3.8, 4) is 11.1 Å². The highest BCUT2D eigenvalue weighted by Gasteiger charge is 2.20. The van der Waals surface area contributed by atoms with Gasteiger partial charge < -0.3 is 5.32 Å². The van der Waals surface area contributed by atoms with Gasteiger partial charge in [-0.2, -0.15) is 5.10 Å². The highest BCUT2D eigenvalue weighted by molar-refractivity contribution is 6.30. The Morgan fingerprint density at radius 2 is 1.79 bits per heavy atom. The minimum absolute atomic E-state index is 0.232. The summed E-state index contributed by atoms with van der Waals surface area (Å²) in [6, 6.07) is 13.3. The Hall–Kier alpha value is -3.25. The molecule has 0 saturated carbocycles. The van der Waals surface area contributed by atoms with E-state index < -0.39 is 0 Å². The first kappa shape index (κ1) is 19.1. The minimum atomic E-state index is -0.322. The standard InChI is InChI=1S/C22H20ClN5O/c1-12-8-9-18(10-13(12)2)24-22(29)20-15(4)28-21(26-25-20)19(14(3)27-28)16-6-5-7-17(23)11-16/h5-11H,1-4H3,(H,24,29). The largest absolute Gasteiger partial charge is 0.321 e. The molecule has 146 valence electrons. The molecular weight excluding hydrogens is 386 g/mol. The molecule has 0 aliphatic heterocycles. The molecule has 4 aromatic rings. The third kappa shape index (κ3) is 3.47. The van der Waals surface area contributed by atoms with Crippen molar-refractivity contribution in [1.29, 1.82) is 0 Å². The Morgan fingerprint density at radius 3 is 2.52 bits per heavy atom. The number of aryl methyl sites for hydroxylation is 4. The number of nitrogens with one attached hydrogen (secondary N) is 1. The van der Waals surface area contributed by atoms with E-state index in [2.05, 4.69) is 20.6 Å². The van der Waals surface area contributed by atoms with Crippen molar-refractivity contribution in [3.05, 3.63) is 75.7 Å². The van der Waals surface area contributed by atoms with Crippen molar-refractivity contribution in [2.24, 2.45) is 0 Å². The average Bonchev–Trinajstić information content (AvgIpc) is 3.02. The van der Waals surface area contributed by atoms with E-state index in [-0.39, 0.29) is 11.6 Å². The van der Waals surface area contributed by atoms with Gasteiger partial charge in [0.1, 0.15) is 0 Å². The number of rotatable bonds is 3. The van der Waals surface area contributed by atoms with Gasteiger partial charge in [0, 0.05) is 10.7 Å². The highest BCUT2D eigenvalue weighted by atomic mass is 35.5. The predicted molar refractivity (Wildman–Crippen MR) is 115 cm³/mol. The van der Waals surface area contributed by atoms with Gasteiger partial charge in [0.05, 0.1) is 17.0 Å². The average molecular weight is 406 g/mol. The molecule has 6 nitrogen and oxygen atoms in total. The van der Waals surface area contributed by atoms with Gasteiger partial charge in [-0.15, -0.1) is 10.2 Å². The molecule has 0 aliphatic carbocycles. The number of aromatic nitrogens is 4. The van der Waals surface area contributed by atoms with E-state index in [1.807, 2.05) is 70.2 Å². The first-order chi connectivity index (χ1) is 13.8. The molecule has 0 bridgehead atoms. The number of anilines is 1. The van der Waals surface area contributed by atoms with Crippen LogP contribution in [0.4, 0.5) is 5.69 Å². The fraction of sp³-hybridized carbons (Fsp3) is 0.182. The number of benzene rings is 2. The number of carbonyl (C=O) groups excluding carboxylic acids is 1. The fourth-order valence-corrected chi connectivity index (χ4v) is 3.50. The summed E-state index contributed by atoms with van der Waals surface area (Å²) < 4.78 is 1.66. The van der Waals surface area contributed by atoms with Gasteiger partial charge in [0.15, 0.2) is 11.3 Å². The molecule has 0 saturated heterocycles. The predicted octanol–water partition coefficient (Wildman–Crippen LogP) is 4.93. The van der Waals surface area contributed by atoms with Crippen LogP contribution in [0.2, 0.25) is 5.02 Å². The molecule has 2 heterocycles. The third-order valence-electron chi connectivity index (χ3n) is 5.03. The fourth-order valence-electron chi connectivity index (χ4n) is 3.31. The van der Waals surface area contributed by atoms with Gasteiger partial charge in [-0.3, -0.25) is 4.79 Å². The Bertz CT molecular complexity index is 1260. The zero-order valence-corrected chi connectivity index (χ0v) is 17.4. The second-order valence-electron chi connectivity index (χ2n) is 7.09. The number of fused-ring (bicyclic) bond motifs is 1. The van der Waals surface area contributed by atoms with Gasteiger partial charge >= 0.3 is 0 Å². The molecule has 7 heteroatoms. The molecule has 1 N–H and O–H groups in total. The van der Waals surface area contributed by atoms with Crippen molar-refractivity contribution in [3.63, 3.8) is 0 Å². The van der Waals surface area contributed by atoms with Gasteiger partial charge in [0.2, 0.25) is 0 Å². The zero-order chi connectivity index (χ0) is 20.7. The van der Waals surface area contributed by atoms with Crippen molar-refractivity contribution in [1.82, 2.24) is 19.8 Å². The number of hydrogen-bond acceptors (Lipinski definition) is 4. The Balaban J connectivity index is 1.75. The van der Waals surface area contributed by atoms with Crippen LogP contribution in [0.25, 0.3) is 16.8 Å². The molecule has 29 heavy (non-hydrogen) atoms. The van der Waals surface area contributed by atoms with Crippen molar-refractivity contribution in [2.75, 3.05) is 5.32 Å². The lowest BCUT2D eigenvalue weighted by molar-refractivity contribution is 0.102. The summed E-state index contributed by atoms with van der Waals surface area (Å²) in [5.41, 5.74) is 6.98. The van der Waals surface area contributed by atoms with Crippen LogP contribution in [-0.4, -0.2) is 25.7 Å². The maximum absolute atomic E-state index is 12.8. The van der Waals surface area contributed by atoms with Crippen molar-refractivity contribution < 1.29 is 4.79 Å². The van der Waals surface area contributed by atoms with Crippen LogP contribution >= 0.6 is 11.6 Å². The monoisotopic (exact) mass is 405 g/mol. The maximum Gasteiger partial charge on any atom is 0.278 e. The maximum atomic E-state index is 12.8. The van der Waals surface area contributed by atoms with Crippen LogP contribution in [0.15, 0.2) is 42.5 Å². The minimum Gasteiger partial charge on any atom is -0.321 e. The van der Waals surface area contributed by atoms with Gasteiger partial charge in [-0.1, -0.05) is 29.8 Å². The summed E-state index contributed by atoms with van der Waals surface area (Å²) in [7, 11) is 0. The quantitative estimate of drug-likeness (QED) is 0.524. The van der Waals surface area contributed by atoms with E-state index in [4.69, 9.17) is 11.6 Å². The van der Waals surface area contributed by atoms with Crippen molar-refractivity contribution >= 4 is 28.8 Å². The lowest BCUT2D eigenvalue weighted by Crippen LogP contribution is -2.18. The van der Waals surface area contributed by atoms with E-state index in [1.165, 1.54) is 5.56 Å². The van der Waals surface area contributed by atoms with E-state index >= 15 is 0 Å². The number of amides is 1. The molecule has 0 spiro atoms. The lowest BCUT2D eigenvalue weighted by Gasteiger charge is -2.09. The van der Waals surface area contributed by atoms with Crippen LogP contribution in [0, 0.1) is 27.7 Å². The van der Waals surface area contributed by atoms with E-state index in [1.54, 1.807) is 4.52 Å². The third-order valence-corrected chi connectivity index (χ3v) is 5.27. The molecule has 4 rings (SSSR count). The number of hydrogen-bond donors (Lipinski definition) is 1. The van der Waals surface area contributed by atoms with Crippen LogP contribution in [-0.2, 0) is 0 Å². The number of halogens is 1. The van der Waals surface area contributed by atoms with E-state index in [0.29, 0.717) is 16.4 Å². The summed E-state index contributed by atoms with van der Waals surface area (Å²) in [5, 5.41) is 16.6. The summed E-state index contributed by atoms with van der Waals surface area (Å²) in [6.45, 7) is 7.75. The Morgan fingerprint density at radius 1 is 1.00 bits per heavy atom. The lowest BCUT2D eigenvalue weighted by atomic mass is 10.1. The summed E-state index contributed by atoms with van der Waals surface area (Å²) in [4.78, 5) is 12.8. The first-order valence-corrected chi connectivity index (χ1v) is 9.60.